The summed E-state index contributed by atoms with van der Waals surface area (Å²) in [7, 11) is 0. The number of hydrazine groups is 1. The molecular weight excluding hydrogens is 236 g/mol. The lowest BCUT2D eigenvalue weighted by Crippen LogP contribution is -2.45. The van der Waals surface area contributed by atoms with Gasteiger partial charge < -0.3 is 5.32 Å². The molecule has 0 saturated heterocycles. The van der Waals surface area contributed by atoms with Crippen molar-refractivity contribution < 1.29 is 0 Å². The van der Waals surface area contributed by atoms with Crippen molar-refractivity contribution in [1.82, 2.24) is 10.7 Å². The molecule has 4 N–H and O–H groups in total. The molecule has 0 unspecified atom stereocenters. The van der Waals surface area contributed by atoms with Crippen molar-refractivity contribution in [1.29, 1.82) is 0 Å². The van der Waals surface area contributed by atoms with Gasteiger partial charge in [-0.3, -0.25) is 5.43 Å². The van der Waals surface area contributed by atoms with Crippen LogP contribution in [-0.4, -0.2) is 12.0 Å². The van der Waals surface area contributed by atoms with Crippen molar-refractivity contribution in [2.45, 2.75) is 51.6 Å². The first-order valence-electron chi connectivity index (χ1n) is 7.18. The summed E-state index contributed by atoms with van der Waals surface area (Å²) in [5, 5.41) is 3.39. The van der Waals surface area contributed by atoms with Crippen LogP contribution in [0.1, 0.15) is 43.7 Å². The van der Waals surface area contributed by atoms with Crippen LogP contribution in [-0.2, 0) is 13.0 Å². The molecule has 1 saturated carbocycles. The van der Waals surface area contributed by atoms with E-state index in [1.54, 1.807) is 0 Å². The molecule has 1 aliphatic rings. The SMILES string of the molecule is CCc1ccccc1CN=C(NN)NC1CCCC1. The summed E-state index contributed by atoms with van der Waals surface area (Å²) in [4.78, 5) is 4.55. The molecule has 1 aromatic carbocycles. The van der Waals surface area contributed by atoms with Crippen molar-refractivity contribution in [3.8, 4) is 0 Å². The third-order valence-corrected chi connectivity index (χ3v) is 3.74. The Bertz CT molecular complexity index is 422. The quantitative estimate of drug-likeness (QED) is 0.336. The number of benzene rings is 1. The maximum atomic E-state index is 5.54. The van der Waals surface area contributed by atoms with E-state index in [9.17, 15) is 0 Å². The van der Waals surface area contributed by atoms with Crippen molar-refractivity contribution in [2.75, 3.05) is 0 Å². The van der Waals surface area contributed by atoms with Crippen LogP contribution >= 0.6 is 0 Å². The molecule has 0 heterocycles. The second-order valence-electron chi connectivity index (χ2n) is 5.06. The number of nitrogens with one attached hydrogen (secondary N) is 2. The van der Waals surface area contributed by atoms with Crippen molar-refractivity contribution >= 4 is 5.96 Å². The first kappa shape index (κ1) is 13.9. The van der Waals surface area contributed by atoms with Gasteiger partial charge in [0.1, 0.15) is 0 Å². The molecule has 0 spiro atoms. The zero-order chi connectivity index (χ0) is 13.5. The number of aliphatic imine (C=N–C) groups is 1. The highest BCUT2D eigenvalue weighted by atomic mass is 15.3. The van der Waals surface area contributed by atoms with Gasteiger partial charge in [0.2, 0.25) is 5.96 Å². The second kappa shape index (κ2) is 7.14. The molecule has 1 aromatic rings. The van der Waals surface area contributed by atoms with Gasteiger partial charge in [0.25, 0.3) is 0 Å². The number of aryl methyl sites for hydroxylation is 1. The van der Waals surface area contributed by atoms with Crippen LogP contribution in [0.25, 0.3) is 0 Å². The zero-order valence-corrected chi connectivity index (χ0v) is 11.7. The van der Waals surface area contributed by atoms with E-state index < -0.39 is 0 Å². The Balaban J connectivity index is 1.97. The first-order chi connectivity index (χ1) is 9.33. The molecule has 4 nitrogen and oxygen atoms in total. The van der Waals surface area contributed by atoms with Gasteiger partial charge in [-0.15, -0.1) is 0 Å². The van der Waals surface area contributed by atoms with E-state index in [0.717, 1.165) is 6.42 Å². The van der Waals surface area contributed by atoms with Crippen LogP contribution in [0.15, 0.2) is 29.3 Å². The Labute approximate surface area is 115 Å². The van der Waals surface area contributed by atoms with E-state index in [2.05, 4.69) is 46.9 Å². The van der Waals surface area contributed by atoms with Gasteiger partial charge in [-0.2, -0.15) is 0 Å². The smallest absolute Gasteiger partial charge is 0.206 e. The van der Waals surface area contributed by atoms with E-state index in [4.69, 9.17) is 5.84 Å². The van der Waals surface area contributed by atoms with E-state index in [1.807, 2.05) is 0 Å². The molecule has 0 radical (unpaired) electrons. The molecule has 1 aliphatic carbocycles. The number of hydrogen-bond donors (Lipinski definition) is 3. The molecule has 0 atom stereocenters. The standard InChI is InChI=1S/C15H24N4/c1-2-12-7-3-4-8-13(12)11-17-15(19-16)18-14-9-5-6-10-14/h3-4,7-8,14H,2,5-6,9-11,16H2,1H3,(H2,17,18,19). The van der Waals surface area contributed by atoms with E-state index in [-0.39, 0.29) is 0 Å². The molecule has 0 aromatic heterocycles. The summed E-state index contributed by atoms with van der Waals surface area (Å²) >= 11 is 0. The van der Waals surface area contributed by atoms with Gasteiger partial charge in [-0.25, -0.2) is 10.8 Å². The highest BCUT2D eigenvalue weighted by Gasteiger charge is 2.15. The van der Waals surface area contributed by atoms with Crippen LogP contribution in [0.5, 0.6) is 0 Å². The van der Waals surface area contributed by atoms with Crippen molar-refractivity contribution in [3.63, 3.8) is 0 Å². The van der Waals surface area contributed by atoms with Gasteiger partial charge in [0.15, 0.2) is 0 Å². The Morgan fingerprint density at radius 2 is 1.95 bits per heavy atom. The monoisotopic (exact) mass is 260 g/mol. The van der Waals surface area contributed by atoms with E-state index in [0.29, 0.717) is 18.5 Å². The number of rotatable bonds is 4. The minimum atomic E-state index is 0.524. The molecule has 4 heteroatoms. The maximum absolute atomic E-state index is 5.54. The predicted molar refractivity (Wildman–Crippen MR) is 79.7 cm³/mol. The highest BCUT2D eigenvalue weighted by molar-refractivity contribution is 5.79. The van der Waals surface area contributed by atoms with Gasteiger partial charge in [-0.1, -0.05) is 44.0 Å². The van der Waals surface area contributed by atoms with Crippen molar-refractivity contribution in [2.24, 2.45) is 10.8 Å². The van der Waals surface area contributed by atoms with Gasteiger partial charge in [0.05, 0.1) is 6.54 Å². The molecule has 0 amide bonds. The molecule has 19 heavy (non-hydrogen) atoms. The molecular formula is C15H24N4. The predicted octanol–water partition coefficient (Wildman–Crippen LogP) is 2.10. The third kappa shape index (κ3) is 3.96. The highest BCUT2D eigenvalue weighted by Crippen LogP contribution is 2.17. The third-order valence-electron chi connectivity index (χ3n) is 3.74. The normalized spacial score (nSPS) is 16.6. The Morgan fingerprint density at radius 1 is 1.26 bits per heavy atom. The van der Waals surface area contributed by atoms with Crippen LogP contribution < -0.4 is 16.6 Å². The van der Waals surface area contributed by atoms with Crippen LogP contribution in [0.3, 0.4) is 0 Å². The Hall–Kier alpha value is -1.55. The summed E-state index contributed by atoms with van der Waals surface area (Å²) in [6.07, 6.45) is 6.06. The number of nitrogens with zero attached hydrogens (tertiary/aromatic N) is 1. The van der Waals surface area contributed by atoms with Crippen molar-refractivity contribution in [3.05, 3.63) is 35.4 Å². The topological polar surface area (TPSA) is 62.4 Å². The molecule has 0 bridgehead atoms. The fourth-order valence-corrected chi connectivity index (χ4v) is 2.62. The van der Waals surface area contributed by atoms with Crippen LogP contribution in [0.4, 0.5) is 0 Å². The molecule has 2 rings (SSSR count). The lowest BCUT2D eigenvalue weighted by Gasteiger charge is -2.15. The molecule has 0 aliphatic heterocycles. The van der Waals surface area contributed by atoms with Gasteiger partial charge in [0, 0.05) is 6.04 Å². The van der Waals surface area contributed by atoms with E-state index >= 15 is 0 Å². The molecule has 104 valence electrons. The lowest BCUT2D eigenvalue weighted by atomic mass is 10.1. The zero-order valence-electron chi connectivity index (χ0n) is 11.7. The number of nitrogens with two attached hydrogens (primary N) is 1. The number of hydrogen-bond acceptors (Lipinski definition) is 2. The van der Waals surface area contributed by atoms with Gasteiger partial charge in [-0.05, 0) is 30.4 Å². The van der Waals surface area contributed by atoms with E-state index in [1.165, 1.54) is 36.8 Å². The average molecular weight is 260 g/mol. The molecule has 1 fully saturated rings. The van der Waals surface area contributed by atoms with Crippen LogP contribution in [0, 0.1) is 0 Å². The largest absolute Gasteiger partial charge is 0.353 e. The summed E-state index contributed by atoms with van der Waals surface area (Å²) in [6, 6.07) is 8.95. The Morgan fingerprint density at radius 3 is 2.58 bits per heavy atom. The maximum Gasteiger partial charge on any atom is 0.206 e. The van der Waals surface area contributed by atoms with Crippen LogP contribution in [0.2, 0.25) is 0 Å². The summed E-state index contributed by atoms with van der Waals surface area (Å²) in [5.41, 5.74) is 5.30. The summed E-state index contributed by atoms with van der Waals surface area (Å²) in [6.45, 7) is 2.84. The minimum absolute atomic E-state index is 0.524. The fourth-order valence-electron chi connectivity index (χ4n) is 2.62. The second-order valence-corrected chi connectivity index (χ2v) is 5.06. The minimum Gasteiger partial charge on any atom is -0.353 e. The summed E-state index contributed by atoms with van der Waals surface area (Å²) < 4.78 is 0. The lowest BCUT2D eigenvalue weighted by molar-refractivity contribution is 0.614. The summed E-state index contributed by atoms with van der Waals surface area (Å²) in [5.74, 6) is 6.25. The number of guanidine groups is 1. The first-order valence-corrected chi connectivity index (χ1v) is 7.18. The average Bonchev–Trinajstić information content (AvgIpc) is 2.96. The fraction of sp³-hybridized carbons (Fsp3) is 0.533. The Kier molecular flexibility index (Phi) is 5.21. The van der Waals surface area contributed by atoms with Gasteiger partial charge >= 0.3 is 0 Å².